The van der Waals surface area contributed by atoms with Crippen LogP contribution in [-0.4, -0.2) is 25.8 Å². The van der Waals surface area contributed by atoms with Gasteiger partial charge >= 0.3 is 0 Å². The van der Waals surface area contributed by atoms with Gasteiger partial charge in [-0.05, 0) is 18.6 Å². The first-order valence-corrected chi connectivity index (χ1v) is 5.75. The molecule has 2 atom stereocenters. The van der Waals surface area contributed by atoms with E-state index in [9.17, 15) is 0 Å². The van der Waals surface area contributed by atoms with Crippen LogP contribution in [0.15, 0.2) is 18.2 Å². The molecule has 0 aromatic heterocycles. The minimum atomic E-state index is -0.0423. The fourth-order valence-corrected chi connectivity index (χ4v) is 2.89. The summed E-state index contributed by atoms with van der Waals surface area (Å²) in [7, 11) is 1.72. The van der Waals surface area contributed by atoms with Crippen molar-refractivity contribution in [2.75, 3.05) is 20.2 Å². The van der Waals surface area contributed by atoms with Gasteiger partial charge in [0, 0.05) is 24.6 Å². The van der Waals surface area contributed by atoms with Crippen LogP contribution in [0.3, 0.4) is 0 Å². The Balaban J connectivity index is 2.10. The molecule has 0 amide bonds. The third kappa shape index (κ3) is 1.28. The zero-order valence-corrected chi connectivity index (χ0v) is 9.75. The molecule has 0 bridgehead atoms. The zero-order chi connectivity index (χ0) is 11.2. The molecule has 0 unspecified atom stereocenters. The first-order chi connectivity index (χ1) is 7.74. The zero-order valence-electron chi connectivity index (χ0n) is 9.75. The van der Waals surface area contributed by atoms with Crippen LogP contribution >= 0.6 is 0 Å². The van der Waals surface area contributed by atoms with Crippen molar-refractivity contribution < 1.29 is 9.47 Å². The summed E-state index contributed by atoms with van der Waals surface area (Å²) in [6, 6.07) is 6.28. The van der Waals surface area contributed by atoms with E-state index in [2.05, 4.69) is 24.4 Å². The van der Waals surface area contributed by atoms with Crippen LogP contribution in [0.2, 0.25) is 0 Å². The van der Waals surface area contributed by atoms with E-state index in [1.165, 1.54) is 11.1 Å². The van der Waals surface area contributed by atoms with E-state index in [-0.39, 0.29) is 5.60 Å². The Kier molecular flexibility index (Phi) is 2.19. The van der Waals surface area contributed by atoms with Gasteiger partial charge in [-0.2, -0.15) is 0 Å². The fourth-order valence-electron chi connectivity index (χ4n) is 2.89. The molecule has 1 aromatic carbocycles. The lowest BCUT2D eigenvalue weighted by Gasteiger charge is -2.37. The summed E-state index contributed by atoms with van der Waals surface area (Å²) in [5, 5.41) is 3.42. The summed E-state index contributed by atoms with van der Waals surface area (Å²) < 4.78 is 11.4. The van der Waals surface area contributed by atoms with Crippen molar-refractivity contribution >= 4 is 0 Å². The van der Waals surface area contributed by atoms with Gasteiger partial charge in [0.25, 0.3) is 0 Å². The molecular weight excluding hydrogens is 202 g/mol. The summed E-state index contributed by atoms with van der Waals surface area (Å²) in [6.07, 6.45) is 0. The average molecular weight is 219 g/mol. The Bertz CT molecular complexity index is 418. The lowest BCUT2D eigenvalue weighted by atomic mass is 9.81. The van der Waals surface area contributed by atoms with Crippen molar-refractivity contribution in [2.24, 2.45) is 0 Å². The highest BCUT2D eigenvalue weighted by atomic mass is 16.5. The molecule has 2 heterocycles. The van der Waals surface area contributed by atoms with Gasteiger partial charge in [0.1, 0.15) is 5.75 Å². The molecule has 3 nitrogen and oxygen atoms in total. The maximum atomic E-state index is 6.02. The summed E-state index contributed by atoms with van der Waals surface area (Å²) in [5.74, 6) is 1.40. The second kappa shape index (κ2) is 3.47. The lowest BCUT2D eigenvalue weighted by molar-refractivity contribution is -0.0525. The van der Waals surface area contributed by atoms with Crippen molar-refractivity contribution in [3.8, 4) is 5.75 Å². The van der Waals surface area contributed by atoms with Crippen LogP contribution in [-0.2, 0) is 11.3 Å². The molecule has 0 radical (unpaired) electrons. The predicted octanol–water partition coefficient (Wildman–Crippen LogP) is 1.67. The molecule has 2 aliphatic rings. The number of methoxy groups -OCH3 is 1. The molecule has 0 spiro atoms. The van der Waals surface area contributed by atoms with Gasteiger partial charge in [0.15, 0.2) is 0 Å². The van der Waals surface area contributed by atoms with Crippen LogP contribution in [0, 0.1) is 0 Å². The molecule has 1 saturated heterocycles. The topological polar surface area (TPSA) is 30.5 Å². The second-order valence-corrected chi connectivity index (χ2v) is 4.81. The van der Waals surface area contributed by atoms with E-state index in [4.69, 9.17) is 9.47 Å². The van der Waals surface area contributed by atoms with E-state index in [0.29, 0.717) is 12.5 Å². The Morgan fingerprint density at radius 1 is 1.50 bits per heavy atom. The van der Waals surface area contributed by atoms with E-state index < -0.39 is 0 Å². The highest BCUT2D eigenvalue weighted by Crippen LogP contribution is 2.43. The normalized spacial score (nSPS) is 32.0. The van der Waals surface area contributed by atoms with Gasteiger partial charge in [-0.15, -0.1) is 0 Å². The number of hydrogen-bond donors (Lipinski definition) is 1. The Hall–Kier alpha value is -1.06. The Morgan fingerprint density at radius 2 is 2.38 bits per heavy atom. The minimum absolute atomic E-state index is 0.0423. The smallest absolute Gasteiger partial charge is 0.124 e. The number of benzene rings is 1. The first kappa shape index (κ1) is 10.1. The Morgan fingerprint density at radius 3 is 3.19 bits per heavy atom. The lowest BCUT2D eigenvalue weighted by Crippen LogP contribution is -2.39. The molecule has 3 rings (SSSR count). The standard InChI is InChI=1S/C13H17NO2/c1-13-8-14-6-11(13)9-4-3-5-12(15-2)10(9)7-16-13/h3-5,11,14H,6-8H2,1-2H3/t11-,13-/m0/s1. The predicted molar refractivity (Wildman–Crippen MR) is 61.8 cm³/mol. The number of fused-ring (bicyclic) bond motifs is 3. The van der Waals surface area contributed by atoms with Gasteiger partial charge in [0.05, 0.1) is 19.3 Å². The van der Waals surface area contributed by atoms with Gasteiger partial charge in [-0.25, -0.2) is 0 Å². The summed E-state index contributed by atoms with van der Waals surface area (Å²) in [5.41, 5.74) is 2.56. The first-order valence-electron chi connectivity index (χ1n) is 5.75. The van der Waals surface area contributed by atoms with Crippen molar-refractivity contribution in [3.05, 3.63) is 29.3 Å². The molecule has 0 saturated carbocycles. The summed E-state index contributed by atoms with van der Waals surface area (Å²) in [6.45, 7) is 4.79. The quantitative estimate of drug-likeness (QED) is 0.779. The summed E-state index contributed by atoms with van der Waals surface area (Å²) >= 11 is 0. The molecule has 1 aromatic rings. The third-order valence-electron chi connectivity index (χ3n) is 3.87. The van der Waals surface area contributed by atoms with Crippen LogP contribution < -0.4 is 10.1 Å². The third-order valence-corrected chi connectivity index (χ3v) is 3.87. The fraction of sp³-hybridized carbons (Fsp3) is 0.538. The van der Waals surface area contributed by atoms with Crippen LogP contribution in [0.4, 0.5) is 0 Å². The van der Waals surface area contributed by atoms with Crippen molar-refractivity contribution in [1.82, 2.24) is 5.32 Å². The monoisotopic (exact) mass is 219 g/mol. The van der Waals surface area contributed by atoms with Crippen molar-refractivity contribution in [1.29, 1.82) is 0 Å². The largest absolute Gasteiger partial charge is 0.496 e. The maximum Gasteiger partial charge on any atom is 0.124 e. The molecule has 16 heavy (non-hydrogen) atoms. The summed E-state index contributed by atoms with van der Waals surface area (Å²) in [4.78, 5) is 0. The van der Waals surface area contributed by atoms with Gasteiger partial charge in [0.2, 0.25) is 0 Å². The number of hydrogen-bond acceptors (Lipinski definition) is 3. The van der Waals surface area contributed by atoms with Gasteiger partial charge < -0.3 is 14.8 Å². The number of nitrogens with one attached hydrogen (secondary N) is 1. The molecule has 1 fully saturated rings. The van der Waals surface area contributed by atoms with Crippen LogP contribution in [0.1, 0.15) is 24.0 Å². The van der Waals surface area contributed by atoms with E-state index in [1.807, 2.05) is 6.07 Å². The average Bonchev–Trinajstić information content (AvgIpc) is 2.70. The van der Waals surface area contributed by atoms with Crippen molar-refractivity contribution in [3.63, 3.8) is 0 Å². The van der Waals surface area contributed by atoms with E-state index in [1.54, 1.807) is 7.11 Å². The van der Waals surface area contributed by atoms with Crippen molar-refractivity contribution in [2.45, 2.75) is 25.0 Å². The molecular formula is C13H17NO2. The molecule has 86 valence electrons. The minimum Gasteiger partial charge on any atom is -0.496 e. The van der Waals surface area contributed by atoms with Gasteiger partial charge in [-0.3, -0.25) is 0 Å². The van der Waals surface area contributed by atoms with Crippen LogP contribution in [0.5, 0.6) is 5.75 Å². The molecule has 1 N–H and O–H groups in total. The Labute approximate surface area is 95.8 Å². The van der Waals surface area contributed by atoms with Crippen LogP contribution in [0.25, 0.3) is 0 Å². The van der Waals surface area contributed by atoms with E-state index in [0.717, 1.165) is 18.8 Å². The van der Waals surface area contributed by atoms with Gasteiger partial charge in [-0.1, -0.05) is 12.1 Å². The highest BCUT2D eigenvalue weighted by Gasteiger charge is 2.44. The molecule has 2 aliphatic heterocycles. The van der Waals surface area contributed by atoms with E-state index >= 15 is 0 Å². The highest BCUT2D eigenvalue weighted by molar-refractivity contribution is 5.45. The second-order valence-electron chi connectivity index (χ2n) is 4.81. The maximum absolute atomic E-state index is 6.02. The molecule has 3 heteroatoms. The number of rotatable bonds is 1. The SMILES string of the molecule is COc1cccc2c1CO[C@@]1(C)CNC[C@@H]21. The molecule has 0 aliphatic carbocycles. The number of ether oxygens (including phenoxy) is 2.